The van der Waals surface area contributed by atoms with Gasteiger partial charge < -0.3 is 19.5 Å². The molecule has 2 aromatic carbocycles. The second kappa shape index (κ2) is 9.22. The van der Waals surface area contributed by atoms with E-state index in [1.165, 1.54) is 7.11 Å². The lowest BCUT2D eigenvalue weighted by Crippen LogP contribution is -2.20. The number of ether oxygens (including phenoxy) is 3. The van der Waals surface area contributed by atoms with Crippen molar-refractivity contribution in [3.63, 3.8) is 0 Å². The van der Waals surface area contributed by atoms with E-state index in [-0.39, 0.29) is 12.5 Å². The Morgan fingerprint density at radius 3 is 2.04 bits per heavy atom. The zero-order chi connectivity index (χ0) is 18.9. The minimum Gasteiger partial charge on any atom is -0.484 e. The fourth-order valence-corrected chi connectivity index (χ4v) is 2.06. The summed E-state index contributed by atoms with van der Waals surface area (Å²) in [6.07, 6.45) is 0. The Kier molecular flexibility index (Phi) is 6.73. The van der Waals surface area contributed by atoms with Crippen LogP contribution in [-0.4, -0.2) is 38.2 Å². The van der Waals surface area contributed by atoms with Crippen LogP contribution >= 0.6 is 0 Å². The predicted octanol–water partition coefficient (Wildman–Crippen LogP) is 2.67. The summed E-state index contributed by atoms with van der Waals surface area (Å²) in [5, 5.41) is 2.65. The van der Waals surface area contributed by atoms with Gasteiger partial charge >= 0.3 is 11.9 Å². The molecule has 7 nitrogen and oxygen atoms in total. The van der Waals surface area contributed by atoms with Gasteiger partial charge in [-0.25, -0.2) is 9.59 Å². The van der Waals surface area contributed by atoms with Crippen molar-refractivity contribution in [1.29, 1.82) is 0 Å². The summed E-state index contributed by atoms with van der Waals surface area (Å²) in [5.74, 6) is -0.760. The highest BCUT2D eigenvalue weighted by atomic mass is 16.5. The molecule has 0 unspecified atom stereocenters. The Hall–Kier alpha value is -3.35. The van der Waals surface area contributed by atoms with Crippen LogP contribution in [0.25, 0.3) is 0 Å². The fourth-order valence-electron chi connectivity index (χ4n) is 2.06. The van der Waals surface area contributed by atoms with Gasteiger partial charge in [0.2, 0.25) is 0 Å². The molecule has 136 valence electrons. The summed E-state index contributed by atoms with van der Waals surface area (Å²) >= 11 is 0. The number of rotatable bonds is 7. The average molecular weight is 357 g/mol. The molecule has 2 aromatic rings. The van der Waals surface area contributed by atoms with Crippen molar-refractivity contribution in [3.05, 3.63) is 59.7 Å². The minimum atomic E-state index is -0.447. The first-order valence-corrected chi connectivity index (χ1v) is 7.91. The molecule has 0 spiro atoms. The minimum absolute atomic E-state index is 0.197. The van der Waals surface area contributed by atoms with Crippen molar-refractivity contribution < 1.29 is 28.6 Å². The first-order chi connectivity index (χ1) is 12.5. The third-order valence-electron chi connectivity index (χ3n) is 3.33. The van der Waals surface area contributed by atoms with Crippen LogP contribution in [0.3, 0.4) is 0 Å². The Bertz CT molecular complexity index is 768. The molecule has 26 heavy (non-hydrogen) atoms. The van der Waals surface area contributed by atoms with Crippen LogP contribution in [0.15, 0.2) is 48.5 Å². The highest BCUT2D eigenvalue weighted by molar-refractivity contribution is 5.93. The van der Waals surface area contributed by atoms with Gasteiger partial charge in [0, 0.05) is 5.69 Å². The molecule has 0 saturated carbocycles. The fraction of sp³-hybridized carbons (Fsp3) is 0.211. The number of carbonyl (C=O) groups excluding carboxylic acids is 3. The molecular weight excluding hydrogens is 338 g/mol. The lowest BCUT2D eigenvalue weighted by Gasteiger charge is -2.08. The summed E-state index contributed by atoms with van der Waals surface area (Å²) in [6, 6.07) is 12.6. The van der Waals surface area contributed by atoms with Crippen molar-refractivity contribution >= 4 is 23.5 Å². The van der Waals surface area contributed by atoms with E-state index in [0.717, 1.165) is 0 Å². The molecule has 0 aliphatic rings. The Balaban J connectivity index is 1.84. The van der Waals surface area contributed by atoms with Crippen molar-refractivity contribution in [2.75, 3.05) is 25.6 Å². The normalized spacial score (nSPS) is 9.92. The van der Waals surface area contributed by atoms with Gasteiger partial charge in [-0.05, 0) is 55.5 Å². The highest BCUT2D eigenvalue weighted by Gasteiger charge is 2.09. The van der Waals surface area contributed by atoms with Crippen LogP contribution in [0.2, 0.25) is 0 Å². The van der Waals surface area contributed by atoms with E-state index >= 15 is 0 Å². The molecule has 0 bridgehead atoms. The number of esters is 2. The molecule has 0 atom stereocenters. The molecule has 0 aromatic heterocycles. The second-order valence-corrected chi connectivity index (χ2v) is 5.15. The predicted molar refractivity (Wildman–Crippen MR) is 94.3 cm³/mol. The molecule has 2 rings (SSSR count). The smallest absolute Gasteiger partial charge is 0.338 e. The number of methoxy groups -OCH3 is 1. The van der Waals surface area contributed by atoms with Gasteiger partial charge in [-0.2, -0.15) is 0 Å². The van der Waals surface area contributed by atoms with Gasteiger partial charge in [0.15, 0.2) is 6.61 Å². The van der Waals surface area contributed by atoms with Crippen molar-refractivity contribution in [2.24, 2.45) is 0 Å². The van der Waals surface area contributed by atoms with Crippen molar-refractivity contribution in [2.45, 2.75) is 6.92 Å². The van der Waals surface area contributed by atoms with Crippen LogP contribution in [0.5, 0.6) is 5.75 Å². The van der Waals surface area contributed by atoms with Gasteiger partial charge in [0.05, 0.1) is 24.8 Å². The van der Waals surface area contributed by atoms with E-state index in [2.05, 4.69) is 10.1 Å². The summed E-state index contributed by atoms with van der Waals surface area (Å²) in [5.41, 5.74) is 1.33. The van der Waals surface area contributed by atoms with Crippen molar-refractivity contribution in [3.8, 4) is 5.75 Å². The molecular formula is C19H19NO6. The summed E-state index contributed by atoms with van der Waals surface area (Å²) in [6.45, 7) is 1.84. The summed E-state index contributed by atoms with van der Waals surface area (Å²) < 4.78 is 14.9. The van der Waals surface area contributed by atoms with E-state index in [9.17, 15) is 14.4 Å². The van der Waals surface area contributed by atoms with E-state index in [4.69, 9.17) is 9.47 Å². The van der Waals surface area contributed by atoms with Crippen molar-refractivity contribution in [1.82, 2.24) is 0 Å². The first-order valence-electron chi connectivity index (χ1n) is 7.91. The average Bonchev–Trinajstić information content (AvgIpc) is 2.67. The van der Waals surface area contributed by atoms with E-state index in [1.807, 2.05) is 0 Å². The second-order valence-electron chi connectivity index (χ2n) is 5.15. The molecule has 0 fully saturated rings. The maximum absolute atomic E-state index is 11.9. The van der Waals surface area contributed by atoms with Crippen LogP contribution in [0.4, 0.5) is 5.69 Å². The first kappa shape index (κ1) is 19.0. The number of anilines is 1. The quantitative estimate of drug-likeness (QED) is 0.766. The van der Waals surface area contributed by atoms with Crippen LogP contribution < -0.4 is 10.1 Å². The van der Waals surface area contributed by atoms with E-state index in [1.54, 1.807) is 55.5 Å². The number of hydrogen-bond donors (Lipinski definition) is 1. The Labute approximate surface area is 150 Å². The van der Waals surface area contributed by atoms with Crippen LogP contribution in [0.1, 0.15) is 27.6 Å². The molecule has 0 radical (unpaired) electrons. The van der Waals surface area contributed by atoms with Gasteiger partial charge in [0.25, 0.3) is 5.91 Å². The number of benzene rings is 2. The maximum atomic E-state index is 11.9. The van der Waals surface area contributed by atoms with Gasteiger partial charge in [0.1, 0.15) is 5.75 Å². The standard InChI is InChI=1S/C19H19NO6/c1-3-25-19(23)14-6-10-16(11-7-14)26-12-17(21)20-15-8-4-13(5-9-15)18(22)24-2/h4-11H,3,12H2,1-2H3,(H,20,21). The number of hydrogen-bond acceptors (Lipinski definition) is 6. The topological polar surface area (TPSA) is 90.9 Å². The number of amides is 1. The van der Waals surface area contributed by atoms with Gasteiger partial charge in [-0.3, -0.25) is 4.79 Å². The lowest BCUT2D eigenvalue weighted by atomic mass is 10.2. The summed E-state index contributed by atoms with van der Waals surface area (Å²) in [4.78, 5) is 34.8. The van der Waals surface area contributed by atoms with E-state index in [0.29, 0.717) is 29.2 Å². The van der Waals surface area contributed by atoms with Crippen LogP contribution in [-0.2, 0) is 14.3 Å². The monoisotopic (exact) mass is 357 g/mol. The molecule has 1 amide bonds. The Morgan fingerprint density at radius 2 is 1.46 bits per heavy atom. The SMILES string of the molecule is CCOC(=O)c1ccc(OCC(=O)Nc2ccc(C(=O)OC)cc2)cc1. The van der Waals surface area contributed by atoms with Crippen LogP contribution in [0, 0.1) is 0 Å². The zero-order valence-corrected chi connectivity index (χ0v) is 14.5. The molecule has 7 heteroatoms. The largest absolute Gasteiger partial charge is 0.484 e. The molecule has 0 aliphatic heterocycles. The third kappa shape index (κ3) is 5.34. The number of carbonyl (C=O) groups is 3. The summed E-state index contributed by atoms with van der Waals surface area (Å²) in [7, 11) is 1.30. The molecule has 1 N–H and O–H groups in total. The maximum Gasteiger partial charge on any atom is 0.338 e. The highest BCUT2D eigenvalue weighted by Crippen LogP contribution is 2.14. The lowest BCUT2D eigenvalue weighted by molar-refractivity contribution is -0.118. The molecule has 0 saturated heterocycles. The van der Waals surface area contributed by atoms with Gasteiger partial charge in [-0.1, -0.05) is 0 Å². The van der Waals surface area contributed by atoms with Gasteiger partial charge in [-0.15, -0.1) is 0 Å². The number of nitrogens with one attached hydrogen (secondary N) is 1. The zero-order valence-electron chi connectivity index (χ0n) is 14.5. The Morgan fingerprint density at radius 1 is 0.885 bits per heavy atom. The molecule has 0 heterocycles. The third-order valence-corrected chi connectivity index (χ3v) is 3.33. The van der Waals surface area contributed by atoms with E-state index < -0.39 is 11.9 Å². The molecule has 0 aliphatic carbocycles.